The van der Waals surface area contributed by atoms with Gasteiger partial charge in [-0.15, -0.1) is 0 Å². The van der Waals surface area contributed by atoms with Crippen molar-refractivity contribution < 1.29 is 9.59 Å². The van der Waals surface area contributed by atoms with E-state index in [0.29, 0.717) is 12.1 Å². The fourth-order valence-corrected chi connectivity index (χ4v) is 1.92. The van der Waals surface area contributed by atoms with Crippen LogP contribution in [0.4, 0.5) is 0 Å². The molecule has 0 saturated heterocycles. The van der Waals surface area contributed by atoms with E-state index >= 15 is 0 Å². The Hall–Kier alpha value is -2.95. The van der Waals surface area contributed by atoms with Gasteiger partial charge in [0.05, 0.1) is 0 Å². The molecule has 2 aromatic rings. The monoisotopic (exact) mass is 309 g/mol. The number of carbonyl (C=O) groups excluding carboxylic acids is 2. The highest BCUT2D eigenvalue weighted by atomic mass is 16.2. The predicted octanol–water partition coefficient (Wildman–Crippen LogP) is 2.11. The highest BCUT2D eigenvalue weighted by molar-refractivity contribution is 5.94. The van der Waals surface area contributed by atoms with Gasteiger partial charge in [-0.25, -0.2) is 0 Å². The van der Waals surface area contributed by atoms with Gasteiger partial charge in [0, 0.05) is 44.7 Å². The van der Waals surface area contributed by atoms with Crippen LogP contribution in [0.2, 0.25) is 0 Å². The molecule has 0 spiro atoms. The first-order valence-electron chi connectivity index (χ1n) is 7.23. The first-order valence-corrected chi connectivity index (χ1v) is 7.23. The Bertz CT molecular complexity index is 692. The third-order valence-corrected chi connectivity index (χ3v) is 3.21. The largest absolute Gasteiger partial charge is 0.348 e. The molecular weight excluding hydrogens is 290 g/mol. The van der Waals surface area contributed by atoms with Gasteiger partial charge in [-0.2, -0.15) is 0 Å². The van der Waals surface area contributed by atoms with E-state index in [0.717, 1.165) is 11.1 Å². The molecule has 0 saturated carbocycles. The summed E-state index contributed by atoms with van der Waals surface area (Å²) < 4.78 is 0. The van der Waals surface area contributed by atoms with E-state index in [9.17, 15) is 9.59 Å². The molecule has 0 radical (unpaired) electrons. The van der Waals surface area contributed by atoms with E-state index in [4.69, 9.17) is 0 Å². The zero-order chi connectivity index (χ0) is 16.7. The Kier molecular flexibility index (Phi) is 5.63. The van der Waals surface area contributed by atoms with Gasteiger partial charge >= 0.3 is 0 Å². The number of nitrogens with zero attached hydrogens (tertiary/aromatic N) is 2. The van der Waals surface area contributed by atoms with Crippen LogP contribution in [0.25, 0.3) is 6.08 Å². The number of aromatic nitrogens is 1. The summed E-state index contributed by atoms with van der Waals surface area (Å²) in [7, 11) is 3.42. The molecular formula is C18H19N3O2. The van der Waals surface area contributed by atoms with E-state index in [1.807, 2.05) is 24.3 Å². The number of hydrogen-bond acceptors (Lipinski definition) is 3. The quantitative estimate of drug-likeness (QED) is 0.861. The van der Waals surface area contributed by atoms with Crippen molar-refractivity contribution in [3.63, 3.8) is 0 Å². The minimum atomic E-state index is -0.171. The molecule has 0 unspecified atom stereocenters. The van der Waals surface area contributed by atoms with E-state index < -0.39 is 0 Å². The summed E-state index contributed by atoms with van der Waals surface area (Å²) in [5.41, 5.74) is 2.47. The van der Waals surface area contributed by atoms with Crippen molar-refractivity contribution >= 4 is 17.9 Å². The lowest BCUT2D eigenvalue weighted by Crippen LogP contribution is -2.21. The van der Waals surface area contributed by atoms with Crippen LogP contribution in [0.15, 0.2) is 54.9 Å². The average molecular weight is 309 g/mol. The molecule has 1 aromatic carbocycles. The number of nitrogens with one attached hydrogen (secondary N) is 1. The fourth-order valence-electron chi connectivity index (χ4n) is 1.92. The normalized spacial score (nSPS) is 10.5. The van der Waals surface area contributed by atoms with Crippen LogP contribution >= 0.6 is 0 Å². The molecule has 0 aliphatic rings. The molecule has 1 N–H and O–H groups in total. The highest BCUT2D eigenvalue weighted by Crippen LogP contribution is 2.08. The fraction of sp³-hybridized carbons (Fsp3) is 0.167. The molecule has 1 aromatic heterocycles. The van der Waals surface area contributed by atoms with Crippen molar-refractivity contribution in [3.8, 4) is 0 Å². The molecule has 1 heterocycles. The maximum absolute atomic E-state index is 11.8. The van der Waals surface area contributed by atoms with Gasteiger partial charge in [-0.05, 0) is 41.5 Å². The van der Waals surface area contributed by atoms with E-state index in [-0.39, 0.29) is 11.8 Å². The smallest absolute Gasteiger partial charge is 0.253 e. The lowest BCUT2D eigenvalue weighted by Gasteiger charge is -2.09. The van der Waals surface area contributed by atoms with Gasteiger partial charge in [0.25, 0.3) is 5.91 Å². The molecule has 0 aliphatic heterocycles. The van der Waals surface area contributed by atoms with Crippen LogP contribution in [-0.2, 0) is 11.3 Å². The van der Waals surface area contributed by atoms with Gasteiger partial charge in [0.1, 0.15) is 0 Å². The molecule has 5 nitrogen and oxygen atoms in total. The maximum Gasteiger partial charge on any atom is 0.253 e. The summed E-state index contributed by atoms with van der Waals surface area (Å²) in [4.78, 5) is 29.0. The molecule has 2 rings (SSSR count). The van der Waals surface area contributed by atoms with Crippen molar-refractivity contribution in [2.45, 2.75) is 6.54 Å². The van der Waals surface area contributed by atoms with Crippen molar-refractivity contribution in [1.29, 1.82) is 0 Å². The van der Waals surface area contributed by atoms with Gasteiger partial charge in [-0.1, -0.05) is 12.1 Å². The Morgan fingerprint density at radius 1 is 1.09 bits per heavy atom. The van der Waals surface area contributed by atoms with E-state index in [1.54, 1.807) is 44.7 Å². The summed E-state index contributed by atoms with van der Waals surface area (Å²) in [6.45, 7) is 0.460. The highest BCUT2D eigenvalue weighted by Gasteiger charge is 2.06. The molecule has 0 bridgehead atoms. The van der Waals surface area contributed by atoms with Crippen LogP contribution in [0.5, 0.6) is 0 Å². The second-order valence-corrected chi connectivity index (χ2v) is 5.23. The molecule has 5 heteroatoms. The van der Waals surface area contributed by atoms with Crippen LogP contribution in [-0.4, -0.2) is 35.8 Å². The van der Waals surface area contributed by atoms with Crippen molar-refractivity contribution in [2.24, 2.45) is 0 Å². The first kappa shape index (κ1) is 16.4. The lowest BCUT2D eigenvalue weighted by molar-refractivity contribution is -0.116. The van der Waals surface area contributed by atoms with Crippen molar-refractivity contribution in [1.82, 2.24) is 15.2 Å². The Labute approximate surface area is 135 Å². The predicted molar refractivity (Wildman–Crippen MR) is 89.6 cm³/mol. The third kappa shape index (κ3) is 5.07. The molecule has 118 valence electrons. The minimum absolute atomic E-state index is 0.0457. The van der Waals surface area contributed by atoms with Crippen LogP contribution < -0.4 is 5.32 Å². The third-order valence-electron chi connectivity index (χ3n) is 3.21. The van der Waals surface area contributed by atoms with Crippen LogP contribution in [0.3, 0.4) is 0 Å². The zero-order valence-electron chi connectivity index (χ0n) is 13.2. The minimum Gasteiger partial charge on any atom is -0.348 e. The first-order chi connectivity index (χ1) is 11.1. The van der Waals surface area contributed by atoms with Gasteiger partial charge in [0.15, 0.2) is 0 Å². The van der Waals surface area contributed by atoms with E-state index in [2.05, 4.69) is 10.3 Å². The second-order valence-electron chi connectivity index (χ2n) is 5.23. The summed E-state index contributed by atoms with van der Waals surface area (Å²) in [5, 5.41) is 2.80. The van der Waals surface area contributed by atoms with Gasteiger partial charge < -0.3 is 10.2 Å². The molecule has 0 atom stereocenters. The molecule has 23 heavy (non-hydrogen) atoms. The Morgan fingerprint density at radius 2 is 1.74 bits per heavy atom. The van der Waals surface area contributed by atoms with Crippen molar-refractivity contribution in [2.75, 3.05) is 14.1 Å². The average Bonchev–Trinajstić information content (AvgIpc) is 2.58. The van der Waals surface area contributed by atoms with Crippen LogP contribution in [0.1, 0.15) is 21.5 Å². The van der Waals surface area contributed by atoms with E-state index in [1.165, 1.54) is 11.0 Å². The number of rotatable bonds is 5. The SMILES string of the molecule is CN(C)C(=O)c1ccc(/C=C/C(=O)NCc2ccncc2)cc1. The summed E-state index contributed by atoms with van der Waals surface area (Å²) in [6.07, 6.45) is 6.57. The number of benzene rings is 1. The Morgan fingerprint density at radius 3 is 2.35 bits per heavy atom. The zero-order valence-corrected chi connectivity index (χ0v) is 13.2. The number of pyridine rings is 1. The van der Waals surface area contributed by atoms with Crippen molar-refractivity contribution in [3.05, 3.63) is 71.6 Å². The second kappa shape index (κ2) is 7.89. The topological polar surface area (TPSA) is 62.3 Å². The maximum atomic E-state index is 11.8. The summed E-state index contributed by atoms with van der Waals surface area (Å²) in [5.74, 6) is -0.217. The molecule has 0 aliphatic carbocycles. The Balaban J connectivity index is 1.89. The van der Waals surface area contributed by atoms with Gasteiger partial charge in [-0.3, -0.25) is 14.6 Å². The standard InChI is InChI=1S/C18H19N3O2/c1-21(2)18(23)16-6-3-14(4-7-16)5-8-17(22)20-13-15-9-11-19-12-10-15/h3-12H,13H2,1-2H3,(H,20,22)/b8-5+. The van der Waals surface area contributed by atoms with Crippen LogP contribution in [0, 0.1) is 0 Å². The molecule has 0 fully saturated rings. The number of hydrogen-bond donors (Lipinski definition) is 1. The lowest BCUT2D eigenvalue weighted by atomic mass is 10.1. The summed E-state index contributed by atoms with van der Waals surface area (Å²) in [6, 6.07) is 10.8. The van der Waals surface area contributed by atoms with Gasteiger partial charge in [0.2, 0.25) is 5.91 Å². The number of carbonyl (C=O) groups is 2. The molecule has 2 amide bonds. The summed E-state index contributed by atoms with van der Waals surface area (Å²) >= 11 is 0. The number of amides is 2.